The Morgan fingerprint density at radius 1 is 0.962 bits per heavy atom. The van der Waals surface area contributed by atoms with E-state index in [2.05, 4.69) is 38.5 Å². The van der Waals surface area contributed by atoms with Gasteiger partial charge in [0.05, 0.1) is 5.56 Å². The van der Waals surface area contributed by atoms with E-state index >= 15 is 0 Å². The quantitative estimate of drug-likeness (QED) is 0.459. The summed E-state index contributed by atoms with van der Waals surface area (Å²) in [6.45, 7) is 5.78. The van der Waals surface area contributed by atoms with Crippen LogP contribution < -0.4 is 16.0 Å². The predicted molar refractivity (Wildman–Crippen MR) is 117 cm³/mol. The highest BCUT2D eigenvalue weighted by Crippen LogP contribution is 2.13. The van der Waals surface area contributed by atoms with E-state index in [1.807, 2.05) is 32.9 Å². The van der Waals surface area contributed by atoms with Crippen LogP contribution in [0.25, 0.3) is 0 Å². The fourth-order valence-corrected chi connectivity index (χ4v) is 2.94. The number of carbonyl (C=O) groups is 2. The predicted octanol–water partition coefficient (Wildman–Crippen LogP) is 3.95. The normalized spacial score (nSPS) is 10.8. The van der Waals surface area contributed by atoms with Crippen LogP contribution in [-0.4, -0.2) is 22.5 Å². The van der Waals surface area contributed by atoms with Gasteiger partial charge in [-0.25, -0.2) is 0 Å². The molecule has 0 bridgehead atoms. The molecule has 3 N–H and O–H groups in total. The number of anilines is 1. The smallest absolute Gasteiger partial charge is 0.258 e. The van der Waals surface area contributed by atoms with Crippen LogP contribution in [0, 0.1) is 3.57 Å². The molecule has 26 heavy (non-hydrogen) atoms. The molecule has 0 radical (unpaired) electrons. The van der Waals surface area contributed by atoms with Gasteiger partial charge in [-0.2, -0.15) is 0 Å². The molecule has 0 atom stereocenters. The van der Waals surface area contributed by atoms with Gasteiger partial charge in [-0.1, -0.05) is 12.1 Å². The van der Waals surface area contributed by atoms with Gasteiger partial charge in [-0.15, -0.1) is 0 Å². The van der Waals surface area contributed by atoms with Crippen molar-refractivity contribution in [3.8, 4) is 0 Å². The second-order valence-electron chi connectivity index (χ2n) is 6.67. The topological polar surface area (TPSA) is 70.2 Å². The Hall–Kier alpha value is -2.00. The highest BCUT2D eigenvalue weighted by atomic mass is 127. The first kappa shape index (κ1) is 20.3. The highest BCUT2D eigenvalue weighted by Gasteiger charge is 2.15. The van der Waals surface area contributed by atoms with Crippen LogP contribution in [0.3, 0.4) is 0 Å². The van der Waals surface area contributed by atoms with Gasteiger partial charge in [-0.3, -0.25) is 14.9 Å². The Kier molecular flexibility index (Phi) is 6.71. The maximum absolute atomic E-state index is 12.2. The minimum Gasteiger partial charge on any atom is -0.347 e. The number of carbonyl (C=O) groups excluding carboxylic acids is 2. The molecule has 0 spiro atoms. The third kappa shape index (κ3) is 6.06. The van der Waals surface area contributed by atoms with Crippen LogP contribution in [0.15, 0.2) is 48.5 Å². The Morgan fingerprint density at radius 2 is 1.58 bits per heavy atom. The molecule has 7 heteroatoms. The van der Waals surface area contributed by atoms with Crippen LogP contribution in [0.2, 0.25) is 0 Å². The van der Waals surface area contributed by atoms with Gasteiger partial charge < -0.3 is 10.6 Å². The Balaban J connectivity index is 1.96. The van der Waals surface area contributed by atoms with E-state index in [1.54, 1.807) is 36.4 Å². The van der Waals surface area contributed by atoms with Crippen molar-refractivity contribution >= 4 is 57.4 Å². The number of hydrogen-bond donors (Lipinski definition) is 3. The zero-order valence-electron chi connectivity index (χ0n) is 14.7. The van der Waals surface area contributed by atoms with Gasteiger partial charge in [0.2, 0.25) is 0 Å². The van der Waals surface area contributed by atoms with Gasteiger partial charge in [0.25, 0.3) is 11.8 Å². The molecule has 0 heterocycles. The zero-order valence-corrected chi connectivity index (χ0v) is 17.7. The molecule has 0 aliphatic rings. The number of nitrogens with one attached hydrogen (secondary N) is 3. The van der Waals surface area contributed by atoms with Crippen molar-refractivity contribution in [1.29, 1.82) is 0 Å². The molecular weight excluding hydrogens is 461 g/mol. The summed E-state index contributed by atoms with van der Waals surface area (Å²) in [6, 6.07) is 14.1. The van der Waals surface area contributed by atoms with E-state index in [4.69, 9.17) is 12.2 Å². The van der Waals surface area contributed by atoms with E-state index in [1.165, 1.54) is 0 Å². The lowest BCUT2D eigenvalue weighted by atomic mass is 10.1. The Morgan fingerprint density at radius 3 is 2.15 bits per heavy atom. The Bertz CT molecular complexity index is 829. The SMILES string of the molecule is CC(C)(C)NC(=O)c1ccc(NC(=S)NC(=O)c2ccccc2I)cc1. The first-order chi connectivity index (χ1) is 12.2. The zero-order chi connectivity index (χ0) is 19.3. The number of benzene rings is 2. The largest absolute Gasteiger partial charge is 0.347 e. The summed E-state index contributed by atoms with van der Waals surface area (Å²) in [5.74, 6) is -0.410. The average Bonchev–Trinajstić information content (AvgIpc) is 2.54. The van der Waals surface area contributed by atoms with Crippen LogP contribution in [0.1, 0.15) is 41.5 Å². The fraction of sp³-hybridized carbons (Fsp3) is 0.211. The van der Waals surface area contributed by atoms with Crippen molar-refractivity contribution in [1.82, 2.24) is 10.6 Å². The van der Waals surface area contributed by atoms with Crippen molar-refractivity contribution in [2.24, 2.45) is 0 Å². The van der Waals surface area contributed by atoms with E-state index in [9.17, 15) is 9.59 Å². The van der Waals surface area contributed by atoms with Crippen LogP contribution in [-0.2, 0) is 0 Å². The second-order valence-corrected chi connectivity index (χ2v) is 8.24. The number of halogens is 1. The van der Waals surface area contributed by atoms with Gasteiger partial charge in [0, 0.05) is 20.4 Å². The first-order valence-electron chi connectivity index (χ1n) is 7.95. The minimum absolute atomic E-state index is 0.140. The number of rotatable bonds is 3. The summed E-state index contributed by atoms with van der Waals surface area (Å²) >= 11 is 7.29. The average molecular weight is 481 g/mol. The van der Waals surface area contributed by atoms with Gasteiger partial charge >= 0.3 is 0 Å². The van der Waals surface area contributed by atoms with Gasteiger partial charge in [-0.05, 0) is 92.0 Å². The van der Waals surface area contributed by atoms with Crippen LogP contribution >= 0.6 is 34.8 Å². The second kappa shape index (κ2) is 8.59. The summed E-state index contributed by atoms with van der Waals surface area (Å²) in [7, 11) is 0. The van der Waals surface area contributed by atoms with Crippen molar-refractivity contribution < 1.29 is 9.59 Å². The molecule has 0 unspecified atom stereocenters. The monoisotopic (exact) mass is 481 g/mol. The summed E-state index contributed by atoms with van der Waals surface area (Å²) < 4.78 is 0.847. The molecule has 5 nitrogen and oxygen atoms in total. The summed E-state index contributed by atoms with van der Waals surface area (Å²) in [4.78, 5) is 24.4. The third-order valence-electron chi connectivity index (χ3n) is 3.24. The molecule has 0 fully saturated rings. The fourth-order valence-electron chi connectivity index (χ4n) is 2.10. The van der Waals surface area contributed by atoms with E-state index in [0.29, 0.717) is 16.8 Å². The Labute approximate surface area is 172 Å². The van der Waals surface area contributed by atoms with Gasteiger partial charge in [0.15, 0.2) is 5.11 Å². The maximum Gasteiger partial charge on any atom is 0.258 e. The summed E-state index contributed by atoms with van der Waals surface area (Å²) in [5, 5.41) is 8.69. The van der Waals surface area contributed by atoms with Gasteiger partial charge in [0.1, 0.15) is 0 Å². The molecular formula is C19H20IN3O2S. The van der Waals surface area contributed by atoms with E-state index in [0.717, 1.165) is 3.57 Å². The lowest BCUT2D eigenvalue weighted by Gasteiger charge is -2.20. The van der Waals surface area contributed by atoms with E-state index in [-0.39, 0.29) is 22.5 Å². The highest BCUT2D eigenvalue weighted by molar-refractivity contribution is 14.1. The van der Waals surface area contributed by atoms with Crippen molar-refractivity contribution in [2.75, 3.05) is 5.32 Å². The third-order valence-corrected chi connectivity index (χ3v) is 4.38. The molecule has 0 aliphatic carbocycles. The van der Waals surface area contributed by atoms with Crippen LogP contribution in [0.4, 0.5) is 5.69 Å². The molecule has 0 aliphatic heterocycles. The first-order valence-corrected chi connectivity index (χ1v) is 9.44. The maximum atomic E-state index is 12.2. The standard InChI is InChI=1S/C19H20IN3O2S/c1-19(2,3)23-16(24)12-8-10-13(11-9-12)21-18(26)22-17(25)14-6-4-5-7-15(14)20/h4-11H,1-3H3,(H,23,24)(H2,21,22,25,26). The molecule has 0 aromatic heterocycles. The van der Waals surface area contributed by atoms with Crippen molar-refractivity contribution in [2.45, 2.75) is 26.3 Å². The number of hydrogen-bond acceptors (Lipinski definition) is 3. The van der Waals surface area contributed by atoms with Crippen molar-refractivity contribution in [3.63, 3.8) is 0 Å². The molecule has 2 aromatic carbocycles. The van der Waals surface area contributed by atoms with E-state index < -0.39 is 0 Å². The van der Waals surface area contributed by atoms with Crippen LogP contribution in [0.5, 0.6) is 0 Å². The molecule has 2 amide bonds. The molecule has 136 valence electrons. The minimum atomic E-state index is -0.297. The summed E-state index contributed by atoms with van der Waals surface area (Å²) in [5.41, 5.74) is 1.51. The lowest BCUT2D eigenvalue weighted by Crippen LogP contribution is -2.40. The molecule has 0 saturated heterocycles. The number of thiocarbonyl (C=S) groups is 1. The molecule has 0 saturated carbocycles. The number of amides is 2. The van der Waals surface area contributed by atoms with Crippen molar-refractivity contribution in [3.05, 3.63) is 63.2 Å². The summed E-state index contributed by atoms with van der Waals surface area (Å²) in [6.07, 6.45) is 0. The molecule has 2 aromatic rings. The lowest BCUT2D eigenvalue weighted by molar-refractivity contribution is 0.0918. The molecule has 2 rings (SSSR count).